The van der Waals surface area contributed by atoms with Crippen LogP contribution in [0.3, 0.4) is 0 Å². The van der Waals surface area contributed by atoms with Crippen molar-refractivity contribution in [1.29, 1.82) is 0 Å². The summed E-state index contributed by atoms with van der Waals surface area (Å²) in [4.78, 5) is 4.23. The van der Waals surface area contributed by atoms with E-state index in [9.17, 15) is 9.50 Å². The number of fused-ring (bicyclic) bond motifs is 1. The number of benzene rings is 1. The second kappa shape index (κ2) is 5.49. The zero-order chi connectivity index (χ0) is 14.8. The van der Waals surface area contributed by atoms with E-state index in [0.29, 0.717) is 5.82 Å². The lowest BCUT2D eigenvalue weighted by atomic mass is 10.1. The molecule has 0 aliphatic rings. The summed E-state index contributed by atoms with van der Waals surface area (Å²) in [6, 6.07) is 8.08. The van der Waals surface area contributed by atoms with E-state index in [-0.39, 0.29) is 12.1 Å². The van der Waals surface area contributed by atoms with E-state index in [2.05, 4.69) is 15.4 Å². The Morgan fingerprint density at radius 3 is 3.00 bits per heavy atom. The molecule has 1 unspecified atom stereocenters. The van der Waals surface area contributed by atoms with Gasteiger partial charge in [-0.15, -0.1) is 0 Å². The van der Waals surface area contributed by atoms with Gasteiger partial charge in [-0.1, -0.05) is 18.2 Å². The number of rotatable bonds is 4. The van der Waals surface area contributed by atoms with Gasteiger partial charge in [-0.25, -0.2) is 13.9 Å². The molecule has 0 saturated carbocycles. The van der Waals surface area contributed by atoms with Crippen molar-refractivity contribution in [2.75, 3.05) is 11.9 Å². The van der Waals surface area contributed by atoms with Crippen molar-refractivity contribution >= 4 is 11.3 Å². The Bertz CT molecular complexity index is 771. The van der Waals surface area contributed by atoms with Crippen LogP contribution in [0.5, 0.6) is 0 Å². The Morgan fingerprint density at radius 2 is 2.19 bits per heavy atom. The van der Waals surface area contributed by atoms with Gasteiger partial charge in [-0.2, -0.15) is 5.10 Å². The quantitative estimate of drug-likeness (QED) is 0.772. The van der Waals surface area contributed by atoms with Gasteiger partial charge < -0.3 is 10.4 Å². The lowest BCUT2D eigenvalue weighted by Gasteiger charge is -2.13. The molecule has 6 heteroatoms. The molecule has 0 bridgehead atoms. The summed E-state index contributed by atoms with van der Waals surface area (Å²) in [5.74, 6) is 0.187. The largest absolute Gasteiger partial charge is 0.386 e. The summed E-state index contributed by atoms with van der Waals surface area (Å²) in [6.45, 7) is 2.06. The van der Waals surface area contributed by atoms with Crippen molar-refractivity contribution in [3.63, 3.8) is 0 Å². The summed E-state index contributed by atoms with van der Waals surface area (Å²) in [6.07, 6.45) is 2.43. The maximum atomic E-state index is 13.6. The number of aromatic nitrogens is 3. The summed E-state index contributed by atoms with van der Waals surface area (Å²) in [7, 11) is 0. The summed E-state index contributed by atoms with van der Waals surface area (Å²) in [5, 5.41) is 17.4. The summed E-state index contributed by atoms with van der Waals surface area (Å²) in [5.41, 5.74) is 1.96. The molecule has 2 N–H and O–H groups in total. The molecule has 0 aliphatic heterocycles. The SMILES string of the molecule is Cc1cc2c(NCC(O)c3ccccc3F)nccn2n1. The number of aliphatic hydroxyl groups is 1. The number of aliphatic hydroxyl groups excluding tert-OH is 1. The molecular formula is C15H15FN4O. The van der Waals surface area contributed by atoms with Crippen LogP contribution in [0, 0.1) is 12.7 Å². The Morgan fingerprint density at radius 1 is 1.38 bits per heavy atom. The number of anilines is 1. The van der Waals surface area contributed by atoms with Crippen LogP contribution in [0.25, 0.3) is 5.52 Å². The van der Waals surface area contributed by atoms with Crippen LogP contribution in [0.4, 0.5) is 10.2 Å². The fourth-order valence-electron chi connectivity index (χ4n) is 2.23. The van der Waals surface area contributed by atoms with Gasteiger partial charge in [0.15, 0.2) is 5.82 Å². The van der Waals surface area contributed by atoms with Crippen LogP contribution in [-0.4, -0.2) is 26.2 Å². The average molecular weight is 286 g/mol. The zero-order valence-electron chi connectivity index (χ0n) is 11.5. The van der Waals surface area contributed by atoms with E-state index in [4.69, 9.17) is 0 Å². The molecule has 21 heavy (non-hydrogen) atoms. The van der Waals surface area contributed by atoms with Crippen LogP contribution < -0.4 is 5.32 Å². The van der Waals surface area contributed by atoms with Gasteiger partial charge >= 0.3 is 0 Å². The minimum Gasteiger partial charge on any atom is -0.386 e. The highest BCUT2D eigenvalue weighted by molar-refractivity contribution is 5.67. The fourth-order valence-corrected chi connectivity index (χ4v) is 2.23. The van der Waals surface area contributed by atoms with Crippen molar-refractivity contribution in [2.24, 2.45) is 0 Å². The number of hydrogen-bond acceptors (Lipinski definition) is 4. The first-order valence-corrected chi connectivity index (χ1v) is 6.62. The number of nitrogens with one attached hydrogen (secondary N) is 1. The summed E-state index contributed by atoms with van der Waals surface area (Å²) >= 11 is 0. The van der Waals surface area contributed by atoms with E-state index < -0.39 is 11.9 Å². The highest BCUT2D eigenvalue weighted by Crippen LogP contribution is 2.19. The lowest BCUT2D eigenvalue weighted by molar-refractivity contribution is 0.186. The number of halogens is 1. The maximum Gasteiger partial charge on any atom is 0.152 e. The molecule has 0 saturated heterocycles. The highest BCUT2D eigenvalue weighted by Gasteiger charge is 2.13. The van der Waals surface area contributed by atoms with Gasteiger partial charge in [0, 0.05) is 24.5 Å². The average Bonchev–Trinajstić information content (AvgIpc) is 2.86. The fraction of sp³-hybridized carbons (Fsp3) is 0.200. The van der Waals surface area contributed by atoms with Crippen LogP contribution in [0.15, 0.2) is 42.7 Å². The predicted octanol–water partition coefficient (Wildman–Crippen LogP) is 2.32. The standard InChI is InChI=1S/C15H15FN4O/c1-10-8-13-15(17-6-7-20(13)19-10)18-9-14(21)11-4-2-3-5-12(11)16/h2-8,14,21H,9H2,1H3,(H,17,18). The predicted molar refractivity (Wildman–Crippen MR) is 77.6 cm³/mol. The Labute approximate surface area is 121 Å². The second-order valence-corrected chi connectivity index (χ2v) is 4.81. The van der Waals surface area contributed by atoms with E-state index in [1.54, 1.807) is 35.1 Å². The molecule has 1 aromatic carbocycles. The first-order valence-electron chi connectivity index (χ1n) is 6.62. The van der Waals surface area contributed by atoms with E-state index in [0.717, 1.165) is 11.2 Å². The second-order valence-electron chi connectivity index (χ2n) is 4.81. The topological polar surface area (TPSA) is 62.5 Å². The van der Waals surface area contributed by atoms with Crippen molar-refractivity contribution < 1.29 is 9.50 Å². The molecule has 0 radical (unpaired) electrons. The lowest BCUT2D eigenvalue weighted by Crippen LogP contribution is -2.14. The van der Waals surface area contributed by atoms with Gasteiger partial charge in [0.2, 0.25) is 0 Å². The van der Waals surface area contributed by atoms with Crippen LogP contribution >= 0.6 is 0 Å². The van der Waals surface area contributed by atoms with Gasteiger partial charge in [0.05, 0.1) is 11.8 Å². The van der Waals surface area contributed by atoms with Crippen molar-refractivity contribution in [3.05, 3.63) is 59.8 Å². The molecule has 0 aliphatic carbocycles. The van der Waals surface area contributed by atoms with Crippen molar-refractivity contribution in [2.45, 2.75) is 13.0 Å². The zero-order valence-corrected chi connectivity index (χ0v) is 11.5. The molecule has 2 aromatic heterocycles. The third-order valence-electron chi connectivity index (χ3n) is 3.24. The number of hydrogen-bond donors (Lipinski definition) is 2. The van der Waals surface area contributed by atoms with Crippen LogP contribution in [0.1, 0.15) is 17.4 Å². The van der Waals surface area contributed by atoms with Crippen LogP contribution in [0.2, 0.25) is 0 Å². The van der Waals surface area contributed by atoms with Gasteiger partial charge in [-0.3, -0.25) is 0 Å². The third-order valence-corrected chi connectivity index (χ3v) is 3.24. The molecule has 3 aromatic rings. The molecule has 0 fully saturated rings. The molecule has 0 spiro atoms. The normalized spacial score (nSPS) is 12.5. The third kappa shape index (κ3) is 2.71. The number of aryl methyl sites for hydroxylation is 1. The first-order chi connectivity index (χ1) is 10.1. The summed E-state index contributed by atoms with van der Waals surface area (Å²) < 4.78 is 15.3. The highest BCUT2D eigenvalue weighted by atomic mass is 19.1. The van der Waals surface area contributed by atoms with E-state index >= 15 is 0 Å². The van der Waals surface area contributed by atoms with E-state index in [1.807, 2.05) is 13.0 Å². The molecule has 5 nitrogen and oxygen atoms in total. The van der Waals surface area contributed by atoms with Crippen LogP contribution in [-0.2, 0) is 0 Å². The smallest absolute Gasteiger partial charge is 0.152 e. The first kappa shape index (κ1) is 13.5. The Kier molecular flexibility index (Phi) is 3.53. The van der Waals surface area contributed by atoms with Gasteiger partial charge in [0.1, 0.15) is 11.3 Å². The van der Waals surface area contributed by atoms with Gasteiger partial charge in [0.25, 0.3) is 0 Å². The van der Waals surface area contributed by atoms with Crippen molar-refractivity contribution in [1.82, 2.24) is 14.6 Å². The number of nitrogens with zero attached hydrogens (tertiary/aromatic N) is 3. The van der Waals surface area contributed by atoms with Crippen molar-refractivity contribution in [3.8, 4) is 0 Å². The maximum absolute atomic E-state index is 13.6. The molecular weight excluding hydrogens is 271 g/mol. The Balaban J connectivity index is 1.79. The molecule has 1 atom stereocenters. The minimum atomic E-state index is -0.947. The van der Waals surface area contributed by atoms with Gasteiger partial charge in [-0.05, 0) is 19.1 Å². The molecule has 2 heterocycles. The Hall–Kier alpha value is -2.47. The molecule has 3 rings (SSSR count). The molecule has 0 amide bonds. The molecule has 108 valence electrons. The van der Waals surface area contributed by atoms with E-state index in [1.165, 1.54) is 6.07 Å². The monoisotopic (exact) mass is 286 g/mol. The minimum absolute atomic E-state index is 0.165.